The van der Waals surface area contributed by atoms with Crippen LogP contribution in [0.4, 0.5) is 11.8 Å². The molecule has 0 radical (unpaired) electrons. The maximum absolute atomic E-state index is 10.1. The second-order valence-corrected chi connectivity index (χ2v) is 5.05. The van der Waals surface area contributed by atoms with Crippen LogP contribution >= 0.6 is 11.6 Å². The number of nitrogens with one attached hydrogen (secondary N) is 1. The normalized spacial score (nSPS) is 23.8. The SMILES string of the molecule is CNc1ncc(Cl)c(N(C)C2CCCCC2O)n1. The molecule has 2 atom stereocenters. The fourth-order valence-corrected chi connectivity index (χ4v) is 2.65. The summed E-state index contributed by atoms with van der Waals surface area (Å²) in [5, 5.41) is 13.5. The lowest BCUT2D eigenvalue weighted by atomic mass is 9.91. The fraction of sp³-hybridized carbons (Fsp3) is 0.667. The molecule has 0 aliphatic heterocycles. The average molecular weight is 271 g/mol. The van der Waals surface area contributed by atoms with Gasteiger partial charge in [-0.25, -0.2) is 4.98 Å². The van der Waals surface area contributed by atoms with E-state index in [0.717, 1.165) is 25.7 Å². The monoisotopic (exact) mass is 270 g/mol. The summed E-state index contributed by atoms with van der Waals surface area (Å²) in [4.78, 5) is 10.4. The first-order valence-corrected chi connectivity index (χ1v) is 6.62. The summed E-state index contributed by atoms with van der Waals surface area (Å²) in [6.45, 7) is 0. The fourth-order valence-electron chi connectivity index (χ4n) is 2.43. The standard InChI is InChI=1S/C12H19ClN4O/c1-14-12-15-7-8(13)11(16-12)17(2)9-5-3-4-6-10(9)18/h7,9-10,18H,3-6H2,1-2H3,(H,14,15,16). The third-order valence-electron chi connectivity index (χ3n) is 3.47. The molecule has 0 bridgehead atoms. The first-order chi connectivity index (χ1) is 8.63. The summed E-state index contributed by atoms with van der Waals surface area (Å²) in [5.74, 6) is 1.20. The summed E-state index contributed by atoms with van der Waals surface area (Å²) in [6, 6.07) is 0.0795. The molecular weight excluding hydrogens is 252 g/mol. The minimum absolute atomic E-state index is 0.0795. The summed E-state index contributed by atoms with van der Waals surface area (Å²) < 4.78 is 0. The van der Waals surface area contributed by atoms with Gasteiger partial charge in [-0.15, -0.1) is 0 Å². The lowest BCUT2D eigenvalue weighted by Gasteiger charge is -2.36. The maximum Gasteiger partial charge on any atom is 0.224 e. The number of nitrogens with zero attached hydrogens (tertiary/aromatic N) is 3. The van der Waals surface area contributed by atoms with Crippen molar-refractivity contribution in [3.05, 3.63) is 11.2 Å². The van der Waals surface area contributed by atoms with Crippen LogP contribution < -0.4 is 10.2 Å². The van der Waals surface area contributed by atoms with Gasteiger partial charge in [0.1, 0.15) is 5.02 Å². The Hall–Kier alpha value is -1.07. The highest BCUT2D eigenvalue weighted by atomic mass is 35.5. The number of anilines is 2. The highest BCUT2D eigenvalue weighted by Crippen LogP contribution is 2.29. The van der Waals surface area contributed by atoms with E-state index in [1.54, 1.807) is 13.2 Å². The molecule has 0 saturated heterocycles. The molecule has 0 spiro atoms. The van der Waals surface area contributed by atoms with Crippen LogP contribution in [-0.4, -0.2) is 41.3 Å². The zero-order chi connectivity index (χ0) is 13.1. The van der Waals surface area contributed by atoms with Crippen LogP contribution in [-0.2, 0) is 0 Å². The van der Waals surface area contributed by atoms with Gasteiger partial charge in [0.05, 0.1) is 18.3 Å². The molecule has 2 N–H and O–H groups in total. The number of rotatable bonds is 3. The van der Waals surface area contributed by atoms with E-state index in [1.807, 2.05) is 11.9 Å². The molecule has 0 amide bonds. The summed E-state index contributed by atoms with van der Waals surface area (Å²) in [7, 11) is 3.69. The van der Waals surface area contributed by atoms with Crippen molar-refractivity contribution in [2.75, 3.05) is 24.3 Å². The smallest absolute Gasteiger partial charge is 0.224 e. The van der Waals surface area contributed by atoms with Gasteiger partial charge < -0.3 is 15.3 Å². The van der Waals surface area contributed by atoms with Crippen molar-refractivity contribution in [2.24, 2.45) is 0 Å². The number of aromatic nitrogens is 2. The molecule has 1 aromatic heterocycles. The van der Waals surface area contributed by atoms with E-state index in [9.17, 15) is 5.11 Å². The predicted molar refractivity (Wildman–Crippen MR) is 73.3 cm³/mol. The van der Waals surface area contributed by atoms with E-state index in [0.29, 0.717) is 16.8 Å². The van der Waals surface area contributed by atoms with Gasteiger partial charge in [0, 0.05) is 14.1 Å². The van der Waals surface area contributed by atoms with Crippen molar-refractivity contribution in [2.45, 2.75) is 37.8 Å². The number of hydrogen-bond donors (Lipinski definition) is 2. The number of aliphatic hydroxyl groups excluding tert-OH is 1. The number of aliphatic hydroxyl groups is 1. The van der Waals surface area contributed by atoms with E-state index in [2.05, 4.69) is 15.3 Å². The van der Waals surface area contributed by atoms with Gasteiger partial charge in [0.2, 0.25) is 5.95 Å². The van der Waals surface area contributed by atoms with E-state index < -0.39 is 0 Å². The zero-order valence-corrected chi connectivity index (χ0v) is 11.5. The molecule has 18 heavy (non-hydrogen) atoms. The Bertz CT molecular complexity index is 415. The topological polar surface area (TPSA) is 61.3 Å². The first kappa shape index (κ1) is 13.4. The molecule has 2 unspecified atom stereocenters. The molecule has 5 nitrogen and oxygen atoms in total. The maximum atomic E-state index is 10.1. The largest absolute Gasteiger partial charge is 0.391 e. The Morgan fingerprint density at radius 2 is 2.17 bits per heavy atom. The second kappa shape index (κ2) is 5.71. The molecule has 1 aliphatic carbocycles. The van der Waals surface area contributed by atoms with E-state index in [-0.39, 0.29) is 12.1 Å². The van der Waals surface area contributed by atoms with Crippen LogP contribution in [0, 0.1) is 0 Å². The van der Waals surface area contributed by atoms with Crippen LogP contribution in [0.2, 0.25) is 5.02 Å². The van der Waals surface area contributed by atoms with E-state index in [4.69, 9.17) is 11.6 Å². The lowest BCUT2D eigenvalue weighted by molar-refractivity contribution is 0.106. The van der Waals surface area contributed by atoms with Crippen LogP contribution in [0.5, 0.6) is 0 Å². The van der Waals surface area contributed by atoms with E-state index in [1.165, 1.54) is 0 Å². The van der Waals surface area contributed by atoms with Gasteiger partial charge in [0.25, 0.3) is 0 Å². The number of hydrogen-bond acceptors (Lipinski definition) is 5. The Balaban J connectivity index is 2.23. The third-order valence-corrected chi connectivity index (χ3v) is 3.74. The molecule has 1 heterocycles. The Morgan fingerprint density at radius 3 is 2.83 bits per heavy atom. The molecule has 6 heteroatoms. The third kappa shape index (κ3) is 2.67. The summed E-state index contributed by atoms with van der Waals surface area (Å²) >= 11 is 6.14. The zero-order valence-electron chi connectivity index (χ0n) is 10.7. The first-order valence-electron chi connectivity index (χ1n) is 6.24. The molecule has 100 valence electrons. The Morgan fingerprint density at radius 1 is 1.44 bits per heavy atom. The van der Waals surface area contributed by atoms with Gasteiger partial charge in [-0.05, 0) is 12.8 Å². The van der Waals surface area contributed by atoms with Crippen molar-refractivity contribution in [3.8, 4) is 0 Å². The molecular formula is C12H19ClN4O. The minimum atomic E-state index is -0.312. The molecule has 1 fully saturated rings. The highest BCUT2D eigenvalue weighted by Gasteiger charge is 2.28. The van der Waals surface area contributed by atoms with Crippen molar-refractivity contribution < 1.29 is 5.11 Å². The van der Waals surface area contributed by atoms with E-state index >= 15 is 0 Å². The summed E-state index contributed by atoms with van der Waals surface area (Å²) in [6.07, 6.45) is 5.30. The van der Waals surface area contributed by atoms with Crippen LogP contribution in [0.15, 0.2) is 6.20 Å². The highest BCUT2D eigenvalue weighted by molar-refractivity contribution is 6.32. The summed E-state index contributed by atoms with van der Waals surface area (Å²) in [5.41, 5.74) is 0. The van der Waals surface area contributed by atoms with Crippen LogP contribution in [0.3, 0.4) is 0 Å². The average Bonchev–Trinajstić information content (AvgIpc) is 2.39. The van der Waals surface area contributed by atoms with Gasteiger partial charge in [-0.2, -0.15) is 4.98 Å². The van der Waals surface area contributed by atoms with Crippen LogP contribution in [0.25, 0.3) is 0 Å². The Kier molecular flexibility index (Phi) is 4.24. The Labute approximate surface area is 112 Å². The van der Waals surface area contributed by atoms with Gasteiger partial charge in [0.15, 0.2) is 5.82 Å². The van der Waals surface area contributed by atoms with Crippen molar-refractivity contribution in [1.82, 2.24) is 9.97 Å². The van der Waals surface area contributed by atoms with Crippen molar-refractivity contribution in [1.29, 1.82) is 0 Å². The lowest BCUT2D eigenvalue weighted by Crippen LogP contribution is -2.44. The minimum Gasteiger partial charge on any atom is -0.391 e. The van der Waals surface area contributed by atoms with Gasteiger partial charge >= 0.3 is 0 Å². The van der Waals surface area contributed by atoms with Crippen LogP contribution in [0.1, 0.15) is 25.7 Å². The molecule has 1 aliphatic rings. The molecule has 1 aromatic rings. The number of halogens is 1. The van der Waals surface area contributed by atoms with Gasteiger partial charge in [-0.3, -0.25) is 0 Å². The molecule has 1 saturated carbocycles. The molecule has 2 rings (SSSR count). The van der Waals surface area contributed by atoms with Crippen molar-refractivity contribution in [3.63, 3.8) is 0 Å². The second-order valence-electron chi connectivity index (χ2n) is 4.65. The van der Waals surface area contributed by atoms with Crippen molar-refractivity contribution >= 4 is 23.4 Å². The quantitative estimate of drug-likeness (QED) is 0.879. The van der Waals surface area contributed by atoms with Gasteiger partial charge in [-0.1, -0.05) is 24.4 Å². The number of likely N-dealkylation sites (N-methyl/N-ethyl adjacent to an activating group) is 1. The molecule has 0 aromatic carbocycles. The predicted octanol–water partition coefficient (Wildman–Crippen LogP) is 1.91.